The van der Waals surface area contributed by atoms with Gasteiger partial charge in [0.25, 0.3) is 5.91 Å². The maximum atomic E-state index is 12.2. The number of nitrogens with one attached hydrogen (secondary N) is 1. The highest BCUT2D eigenvalue weighted by Gasteiger charge is 2.39. The molecule has 1 fully saturated rings. The van der Waals surface area contributed by atoms with Crippen LogP contribution in [0.2, 0.25) is 0 Å². The number of nitrogens with zero attached hydrogens (tertiary/aromatic N) is 1. The summed E-state index contributed by atoms with van der Waals surface area (Å²) in [6.07, 6.45) is 0. The Bertz CT molecular complexity index is 490. The SMILES string of the molecule is CC(C)[C@@H]1NC(=O)N(C[C@H](C)Sc2ccccc2)C1=O. The van der Waals surface area contributed by atoms with E-state index in [0.717, 1.165) is 4.90 Å². The molecule has 2 atom stereocenters. The van der Waals surface area contributed by atoms with Crippen molar-refractivity contribution in [1.29, 1.82) is 0 Å². The van der Waals surface area contributed by atoms with Crippen molar-refractivity contribution in [2.45, 2.75) is 37.0 Å². The second-order valence-corrected chi connectivity index (χ2v) is 6.87. The lowest BCUT2D eigenvalue weighted by molar-refractivity contribution is -0.128. The summed E-state index contributed by atoms with van der Waals surface area (Å²) in [6.45, 7) is 6.34. The molecule has 1 aromatic carbocycles. The molecule has 2 rings (SSSR count). The quantitative estimate of drug-likeness (QED) is 0.670. The van der Waals surface area contributed by atoms with Crippen molar-refractivity contribution in [3.63, 3.8) is 0 Å². The molecular formula is C15H20N2O2S. The minimum absolute atomic E-state index is 0.106. The Labute approximate surface area is 123 Å². The van der Waals surface area contributed by atoms with E-state index in [1.54, 1.807) is 11.8 Å². The maximum absolute atomic E-state index is 12.2. The average molecular weight is 292 g/mol. The third kappa shape index (κ3) is 3.33. The van der Waals surface area contributed by atoms with Crippen molar-refractivity contribution in [3.8, 4) is 0 Å². The standard InChI is InChI=1S/C15H20N2O2S/c1-10(2)13-14(18)17(15(19)16-13)9-11(3)20-12-7-5-4-6-8-12/h4-8,10-11,13H,9H2,1-3H3,(H,16,19)/t11-,13-/m0/s1. The van der Waals surface area contributed by atoms with Crippen LogP contribution in [0.5, 0.6) is 0 Å². The Hall–Kier alpha value is -1.49. The van der Waals surface area contributed by atoms with E-state index in [1.165, 1.54) is 4.90 Å². The van der Waals surface area contributed by atoms with Gasteiger partial charge in [-0.15, -0.1) is 11.8 Å². The minimum Gasteiger partial charge on any atom is -0.326 e. The fourth-order valence-electron chi connectivity index (χ4n) is 2.19. The zero-order valence-electron chi connectivity index (χ0n) is 12.0. The second kappa shape index (κ2) is 6.31. The largest absolute Gasteiger partial charge is 0.326 e. The van der Waals surface area contributed by atoms with Crippen LogP contribution < -0.4 is 5.32 Å². The van der Waals surface area contributed by atoms with Crippen LogP contribution in [0.15, 0.2) is 35.2 Å². The van der Waals surface area contributed by atoms with Gasteiger partial charge in [0.1, 0.15) is 6.04 Å². The fourth-order valence-corrected chi connectivity index (χ4v) is 3.19. The van der Waals surface area contributed by atoms with Gasteiger partial charge in [-0.05, 0) is 18.1 Å². The van der Waals surface area contributed by atoms with E-state index in [4.69, 9.17) is 0 Å². The van der Waals surface area contributed by atoms with Gasteiger partial charge in [0.15, 0.2) is 0 Å². The zero-order valence-corrected chi connectivity index (χ0v) is 12.8. The first-order valence-electron chi connectivity index (χ1n) is 6.82. The third-order valence-corrected chi connectivity index (χ3v) is 4.34. The lowest BCUT2D eigenvalue weighted by atomic mass is 10.1. The number of benzene rings is 1. The normalized spacial score (nSPS) is 20.4. The number of imide groups is 1. The van der Waals surface area contributed by atoms with Gasteiger partial charge in [-0.1, -0.05) is 39.0 Å². The van der Waals surface area contributed by atoms with Gasteiger partial charge >= 0.3 is 6.03 Å². The molecule has 1 saturated heterocycles. The zero-order chi connectivity index (χ0) is 14.7. The van der Waals surface area contributed by atoms with Crippen LogP contribution in [0.25, 0.3) is 0 Å². The van der Waals surface area contributed by atoms with Crippen molar-refractivity contribution < 1.29 is 9.59 Å². The molecule has 108 valence electrons. The predicted molar refractivity (Wildman–Crippen MR) is 80.6 cm³/mol. The molecule has 1 N–H and O–H groups in total. The number of carbonyl (C=O) groups excluding carboxylic acids is 2. The monoisotopic (exact) mass is 292 g/mol. The summed E-state index contributed by atoms with van der Waals surface area (Å²) in [4.78, 5) is 26.5. The summed E-state index contributed by atoms with van der Waals surface area (Å²) in [6, 6.07) is 9.35. The molecule has 0 radical (unpaired) electrons. The summed E-state index contributed by atoms with van der Waals surface area (Å²) < 4.78 is 0. The first-order valence-corrected chi connectivity index (χ1v) is 7.70. The van der Waals surface area contributed by atoms with Crippen molar-refractivity contribution in [2.75, 3.05) is 6.54 Å². The molecule has 4 nitrogen and oxygen atoms in total. The number of hydrogen-bond donors (Lipinski definition) is 1. The summed E-state index contributed by atoms with van der Waals surface area (Å²) in [5.41, 5.74) is 0. The molecule has 0 aliphatic carbocycles. The number of amides is 3. The van der Waals surface area contributed by atoms with Crippen LogP contribution >= 0.6 is 11.8 Å². The van der Waals surface area contributed by atoms with Gasteiger partial charge in [-0.2, -0.15) is 0 Å². The van der Waals surface area contributed by atoms with Crippen molar-refractivity contribution in [3.05, 3.63) is 30.3 Å². The van der Waals surface area contributed by atoms with E-state index in [2.05, 4.69) is 5.32 Å². The molecule has 1 aromatic rings. The van der Waals surface area contributed by atoms with Crippen molar-refractivity contribution >= 4 is 23.7 Å². The van der Waals surface area contributed by atoms with Gasteiger partial charge in [0.2, 0.25) is 0 Å². The van der Waals surface area contributed by atoms with Crippen LogP contribution in [0.1, 0.15) is 20.8 Å². The molecule has 0 bridgehead atoms. The van der Waals surface area contributed by atoms with E-state index in [-0.39, 0.29) is 29.1 Å². The van der Waals surface area contributed by atoms with Gasteiger partial charge in [-0.3, -0.25) is 9.69 Å². The van der Waals surface area contributed by atoms with Gasteiger partial charge in [0.05, 0.1) is 0 Å². The molecule has 20 heavy (non-hydrogen) atoms. The average Bonchev–Trinajstić information content (AvgIpc) is 2.68. The highest BCUT2D eigenvalue weighted by molar-refractivity contribution is 8.00. The first kappa shape index (κ1) is 14.9. The molecule has 1 aliphatic heterocycles. The van der Waals surface area contributed by atoms with Crippen LogP contribution in [0, 0.1) is 5.92 Å². The Morgan fingerprint density at radius 2 is 1.85 bits per heavy atom. The summed E-state index contributed by atoms with van der Waals surface area (Å²) >= 11 is 1.67. The molecular weight excluding hydrogens is 272 g/mol. The molecule has 5 heteroatoms. The van der Waals surface area contributed by atoms with Crippen molar-refractivity contribution in [2.24, 2.45) is 5.92 Å². The Balaban J connectivity index is 1.96. The lowest BCUT2D eigenvalue weighted by Gasteiger charge is -2.18. The Kier molecular flexibility index (Phi) is 4.70. The number of carbonyl (C=O) groups is 2. The van der Waals surface area contributed by atoms with E-state index in [1.807, 2.05) is 51.1 Å². The topological polar surface area (TPSA) is 49.4 Å². The highest BCUT2D eigenvalue weighted by Crippen LogP contribution is 2.24. The smallest absolute Gasteiger partial charge is 0.324 e. The summed E-state index contributed by atoms with van der Waals surface area (Å²) in [5, 5.41) is 2.92. The lowest BCUT2D eigenvalue weighted by Crippen LogP contribution is -2.37. The van der Waals surface area contributed by atoms with Crippen LogP contribution in [-0.2, 0) is 4.79 Å². The number of thioether (sulfide) groups is 1. The molecule has 0 aromatic heterocycles. The summed E-state index contributed by atoms with van der Waals surface area (Å²) in [7, 11) is 0. The second-order valence-electron chi connectivity index (χ2n) is 5.36. The third-order valence-electron chi connectivity index (χ3n) is 3.24. The van der Waals surface area contributed by atoms with E-state index >= 15 is 0 Å². The molecule has 1 aliphatic rings. The number of rotatable bonds is 5. The predicted octanol–water partition coefficient (Wildman–Crippen LogP) is 2.74. The molecule has 1 heterocycles. The van der Waals surface area contributed by atoms with Gasteiger partial charge in [0, 0.05) is 16.7 Å². The Morgan fingerprint density at radius 1 is 1.20 bits per heavy atom. The molecule has 0 saturated carbocycles. The molecule has 0 spiro atoms. The first-order chi connectivity index (χ1) is 9.49. The van der Waals surface area contributed by atoms with Crippen LogP contribution in [0.3, 0.4) is 0 Å². The molecule has 3 amide bonds. The van der Waals surface area contributed by atoms with E-state index in [9.17, 15) is 9.59 Å². The maximum Gasteiger partial charge on any atom is 0.324 e. The number of hydrogen-bond acceptors (Lipinski definition) is 3. The Morgan fingerprint density at radius 3 is 2.40 bits per heavy atom. The van der Waals surface area contributed by atoms with Gasteiger partial charge < -0.3 is 5.32 Å². The van der Waals surface area contributed by atoms with Crippen molar-refractivity contribution in [1.82, 2.24) is 10.2 Å². The number of urea groups is 1. The van der Waals surface area contributed by atoms with Crippen LogP contribution in [0.4, 0.5) is 4.79 Å². The highest BCUT2D eigenvalue weighted by atomic mass is 32.2. The van der Waals surface area contributed by atoms with Crippen LogP contribution in [-0.4, -0.2) is 34.7 Å². The minimum atomic E-state index is -0.378. The van der Waals surface area contributed by atoms with E-state index in [0.29, 0.717) is 6.54 Å². The van der Waals surface area contributed by atoms with Gasteiger partial charge in [-0.25, -0.2) is 4.79 Å². The fraction of sp³-hybridized carbons (Fsp3) is 0.467. The van der Waals surface area contributed by atoms with E-state index < -0.39 is 0 Å². The molecule has 0 unspecified atom stereocenters. The summed E-state index contributed by atoms with van der Waals surface area (Å²) in [5.74, 6) is 0.0130.